The molecule has 0 saturated carbocycles. The number of aromatic nitrogens is 4. The van der Waals surface area contributed by atoms with Crippen molar-refractivity contribution in [1.82, 2.24) is 19.6 Å². The Morgan fingerprint density at radius 1 is 1.04 bits per heavy atom. The van der Waals surface area contributed by atoms with Crippen LogP contribution in [0.5, 0.6) is 5.75 Å². The lowest BCUT2D eigenvalue weighted by Gasteiger charge is -2.17. The van der Waals surface area contributed by atoms with Crippen molar-refractivity contribution in [2.75, 3.05) is 13.7 Å². The molecule has 3 aromatic rings. The predicted molar refractivity (Wildman–Crippen MR) is 78.7 cm³/mol. The van der Waals surface area contributed by atoms with Gasteiger partial charge in [0.15, 0.2) is 5.65 Å². The van der Waals surface area contributed by atoms with Gasteiger partial charge in [0.05, 0.1) is 11.9 Å². The lowest BCUT2D eigenvalue weighted by atomic mass is 10.1. The highest BCUT2D eigenvalue weighted by atomic mass is 19.4. The van der Waals surface area contributed by atoms with Crippen molar-refractivity contribution < 1.29 is 31.4 Å². The van der Waals surface area contributed by atoms with Gasteiger partial charge in [0, 0.05) is 18.9 Å². The number of rotatable bonds is 5. The molecule has 2 heterocycles. The fourth-order valence-corrected chi connectivity index (χ4v) is 2.21. The number of hydrogen-bond donors (Lipinski definition) is 0. The van der Waals surface area contributed by atoms with Crippen LogP contribution in [0.4, 0.5) is 22.0 Å². The van der Waals surface area contributed by atoms with E-state index >= 15 is 0 Å². The van der Waals surface area contributed by atoms with Crippen molar-refractivity contribution in [3.8, 4) is 17.0 Å². The second-order valence-electron chi connectivity index (χ2n) is 5.22. The van der Waals surface area contributed by atoms with E-state index in [1.807, 2.05) is 0 Å². The molecule has 1 aromatic carbocycles. The van der Waals surface area contributed by atoms with E-state index in [0.29, 0.717) is 5.56 Å². The minimum Gasteiger partial charge on any atom is -0.431 e. The van der Waals surface area contributed by atoms with E-state index in [-0.39, 0.29) is 17.1 Å². The third-order valence-electron chi connectivity index (χ3n) is 3.28. The maximum Gasteiger partial charge on any atom is 0.452 e. The summed E-state index contributed by atoms with van der Waals surface area (Å²) in [5, 5.41) is 6.51. The molecule has 0 aliphatic carbocycles. The summed E-state index contributed by atoms with van der Waals surface area (Å²) in [6.07, 6.45) is -5.93. The molecule has 0 saturated heterocycles. The normalized spacial score (nSPS) is 12.5. The Labute approximate surface area is 143 Å². The van der Waals surface area contributed by atoms with E-state index in [4.69, 9.17) is 0 Å². The van der Waals surface area contributed by atoms with Crippen LogP contribution in [0.2, 0.25) is 0 Å². The van der Waals surface area contributed by atoms with Crippen LogP contribution in [-0.2, 0) is 10.9 Å². The van der Waals surface area contributed by atoms with Crippen molar-refractivity contribution in [2.24, 2.45) is 0 Å². The number of ether oxygens (including phenoxy) is 2. The first-order valence-corrected chi connectivity index (χ1v) is 7.14. The molecule has 138 valence electrons. The molecule has 3 rings (SSSR count). The Bertz CT molecular complexity index is 909. The molecular formula is C15H11F5N4O2. The van der Waals surface area contributed by atoms with E-state index < -0.39 is 24.7 Å². The number of methoxy groups -OCH3 is 1. The zero-order chi connectivity index (χ0) is 18.9. The van der Waals surface area contributed by atoms with Gasteiger partial charge >= 0.3 is 12.3 Å². The molecule has 6 nitrogen and oxygen atoms in total. The lowest BCUT2D eigenvalue weighted by molar-refractivity contribution is -0.206. The monoisotopic (exact) mass is 374 g/mol. The average Bonchev–Trinajstić information content (AvgIpc) is 2.98. The minimum atomic E-state index is -4.68. The van der Waals surface area contributed by atoms with Gasteiger partial charge in [0.25, 0.3) is 0 Å². The summed E-state index contributed by atoms with van der Waals surface area (Å²) >= 11 is 0. The summed E-state index contributed by atoms with van der Waals surface area (Å²) in [5.74, 6) is -1.31. The molecule has 0 fully saturated rings. The van der Waals surface area contributed by atoms with E-state index in [1.165, 1.54) is 24.3 Å². The standard InChI is InChI=1S/C15H11F5N4O2/c1-25-8-14(16,17)26-10-4-2-9(3-5-10)11-7-24-12(6-21-11)22-23-13(24)15(18,19)20/h2-7H,8H2,1H3. The quantitative estimate of drug-likeness (QED) is 0.641. The Morgan fingerprint density at radius 2 is 1.73 bits per heavy atom. The number of hydrogen-bond acceptors (Lipinski definition) is 5. The number of benzene rings is 1. The van der Waals surface area contributed by atoms with Gasteiger partial charge in [0.2, 0.25) is 5.82 Å². The van der Waals surface area contributed by atoms with Crippen LogP contribution >= 0.6 is 0 Å². The van der Waals surface area contributed by atoms with Crippen LogP contribution < -0.4 is 4.74 Å². The minimum absolute atomic E-state index is 0.0692. The molecule has 0 aliphatic rings. The molecule has 26 heavy (non-hydrogen) atoms. The molecule has 0 spiro atoms. The third kappa shape index (κ3) is 3.72. The first kappa shape index (κ1) is 18.0. The van der Waals surface area contributed by atoms with Crippen LogP contribution in [0.15, 0.2) is 36.7 Å². The fourth-order valence-electron chi connectivity index (χ4n) is 2.21. The van der Waals surface area contributed by atoms with Crippen LogP contribution in [-0.4, -0.2) is 39.4 Å². The summed E-state index contributed by atoms with van der Waals surface area (Å²) in [6.45, 7) is -0.916. The molecule has 0 atom stereocenters. The fraction of sp³-hybridized carbons (Fsp3) is 0.267. The molecule has 0 unspecified atom stereocenters. The van der Waals surface area contributed by atoms with Gasteiger partial charge in [-0.3, -0.25) is 9.38 Å². The molecule has 0 radical (unpaired) electrons. The van der Waals surface area contributed by atoms with Gasteiger partial charge in [-0.1, -0.05) is 0 Å². The molecule has 0 N–H and O–H groups in total. The Kier molecular flexibility index (Phi) is 4.48. The highest BCUT2D eigenvalue weighted by molar-refractivity contribution is 5.60. The van der Waals surface area contributed by atoms with Crippen LogP contribution in [0.1, 0.15) is 5.82 Å². The number of nitrogens with zero attached hydrogens (tertiary/aromatic N) is 4. The van der Waals surface area contributed by atoms with Crippen molar-refractivity contribution in [3.05, 3.63) is 42.5 Å². The smallest absolute Gasteiger partial charge is 0.431 e. The highest BCUT2D eigenvalue weighted by Crippen LogP contribution is 2.29. The van der Waals surface area contributed by atoms with Crippen LogP contribution in [0, 0.1) is 0 Å². The van der Waals surface area contributed by atoms with Crippen molar-refractivity contribution in [2.45, 2.75) is 12.3 Å². The number of alkyl halides is 5. The van der Waals surface area contributed by atoms with E-state index in [1.54, 1.807) is 0 Å². The second kappa shape index (κ2) is 6.48. The Morgan fingerprint density at radius 3 is 2.35 bits per heavy atom. The Balaban J connectivity index is 1.90. The van der Waals surface area contributed by atoms with E-state index in [0.717, 1.165) is 23.9 Å². The van der Waals surface area contributed by atoms with Gasteiger partial charge in [0.1, 0.15) is 12.4 Å². The van der Waals surface area contributed by atoms with Crippen LogP contribution in [0.25, 0.3) is 16.9 Å². The van der Waals surface area contributed by atoms with Crippen LogP contribution in [0.3, 0.4) is 0 Å². The third-order valence-corrected chi connectivity index (χ3v) is 3.28. The first-order valence-electron chi connectivity index (χ1n) is 7.14. The second-order valence-corrected chi connectivity index (χ2v) is 5.22. The summed E-state index contributed by atoms with van der Waals surface area (Å²) < 4.78 is 75.1. The molecule has 0 bridgehead atoms. The molecule has 11 heteroatoms. The van der Waals surface area contributed by atoms with Crippen molar-refractivity contribution in [3.63, 3.8) is 0 Å². The van der Waals surface area contributed by atoms with E-state index in [2.05, 4.69) is 24.7 Å². The molecule has 2 aromatic heterocycles. The zero-order valence-corrected chi connectivity index (χ0v) is 13.2. The summed E-state index contributed by atoms with van der Waals surface area (Å²) in [5.41, 5.74) is 0.509. The topological polar surface area (TPSA) is 61.5 Å². The van der Waals surface area contributed by atoms with Gasteiger partial charge in [-0.2, -0.15) is 22.0 Å². The number of fused-ring (bicyclic) bond motifs is 1. The SMILES string of the molecule is COCC(F)(F)Oc1ccc(-c2cn3c(C(F)(F)F)nnc3cn2)cc1. The summed E-state index contributed by atoms with van der Waals surface area (Å²) in [7, 11) is 1.11. The van der Waals surface area contributed by atoms with Gasteiger partial charge in [-0.15, -0.1) is 10.2 Å². The van der Waals surface area contributed by atoms with E-state index in [9.17, 15) is 22.0 Å². The maximum absolute atomic E-state index is 13.3. The molecule has 0 amide bonds. The largest absolute Gasteiger partial charge is 0.452 e. The Hall–Kier alpha value is -2.82. The summed E-state index contributed by atoms with van der Waals surface area (Å²) in [4.78, 5) is 4.01. The van der Waals surface area contributed by atoms with Gasteiger partial charge in [-0.25, -0.2) is 0 Å². The first-order chi connectivity index (χ1) is 12.2. The van der Waals surface area contributed by atoms with Crippen molar-refractivity contribution in [1.29, 1.82) is 0 Å². The highest BCUT2D eigenvalue weighted by Gasteiger charge is 2.37. The lowest BCUT2D eigenvalue weighted by Crippen LogP contribution is -2.30. The van der Waals surface area contributed by atoms with Gasteiger partial charge in [-0.05, 0) is 24.3 Å². The van der Waals surface area contributed by atoms with Gasteiger partial charge < -0.3 is 9.47 Å². The predicted octanol–water partition coefficient (Wildman–Crippen LogP) is 3.43. The summed E-state index contributed by atoms with van der Waals surface area (Å²) in [6, 6.07) is 5.29. The zero-order valence-electron chi connectivity index (χ0n) is 13.2. The number of halogens is 5. The molecular weight excluding hydrogens is 363 g/mol. The van der Waals surface area contributed by atoms with Crippen molar-refractivity contribution >= 4 is 5.65 Å². The maximum atomic E-state index is 13.3. The average molecular weight is 374 g/mol. The molecule has 0 aliphatic heterocycles.